The van der Waals surface area contributed by atoms with Crippen LogP contribution >= 0.6 is 0 Å². The van der Waals surface area contributed by atoms with Gasteiger partial charge >= 0.3 is 12.1 Å². The van der Waals surface area contributed by atoms with Crippen LogP contribution in [0.4, 0.5) is 4.79 Å². The molecule has 4 rings (SSSR count). The van der Waals surface area contributed by atoms with E-state index in [4.69, 9.17) is 4.74 Å². The molecular formula is C28H34N2O5. The lowest BCUT2D eigenvalue weighted by Gasteiger charge is -2.34. The van der Waals surface area contributed by atoms with E-state index >= 15 is 0 Å². The maximum Gasteiger partial charge on any atom is 0.407 e. The topological polar surface area (TPSA) is 105 Å². The molecule has 0 bridgehead atoms. The standard InChI is InChI=1S/C28H34N2O5/c1-3-17(2)15-24(27(32)33)29-26(31)25(18-9-8-10-18)30-28(34)35-16-23-21-13-6-4-11-19(21)20-12-5-7-14-22(20)23/h4-7,11-14,17-18,23-25H,3,8-10,15-16H2,1-2H3,(H,29,31)(H,30,34)(H,32,33). The monoisotopic (exact) mass is 478 g/mol. The van der Waals surface area contributed by atoms with Crippen molar-refractivity contribution in [3.05, 3.63) is 59.7 Å². The minimum atomic E-state index is -1.06. The third-order valence-corrected chi connectivity index (χ3v) is 7.47. The van der Waals surface area contributed by atoms with Crippen LogP contribution in [0.2, 0.25) is 0 Å². The number of nitrogens with one attached hydrogen (secondary N) is 2. The highest BCUT2D eigenvalue weighted by molar-refractivity contribution is 5.89. The Morgan fingerprint density at radius 2 is 1.60 bits per heavy atom. The van der Waals surface area contributed by atoms with Gasteiger partial charge in [-0.2, -0.15) is 0 Å². The van der Waals surface area contributed by atoms with E-state index in [9.17, 15) is 19.5 Å². The lowest BCUT2D eigenvalue weighted by molar-refractivity contribution is -0.143. The summed E-state index contributed by atoms with van der Waals surface area (Å²) in [7, 11) is 0. The summed E-state index contributed by atoms with van der Waals surface area (Å²) >= 11 is 0. The van der Waals surface area contributed by atoms with Crippen LogP contribution in [0.25, 0.3) is 11.1 Å². The molecule has 2 aromatic carbocycles. The molecule has 0 heterocycles. The molecule has 186 valence electrons. The highest BCUT2D eigenvalue weighted by Gasteiger charge is 2.37. The van der Waals surface area contributed by atoms with Crippen molar-refractivity contribution in [2.45, 2.75) is 64.0 Å². The number of carboxylic acids is 1. The lowest BCUT2D eigenvalue weighted by atomic mass is 9.79. The van der Waals surface area contributed by atoms with Gasteiger partial charge in [-0.1, -0.05) is 75.2 Å². The molecule has 0 radical (unpaired) electrons. The predicted molar refractivity (Wildman–Crippen MR) is 133 cm³/mol. The number of carboxylic acid groups (broad SMARTS) is 1. The van der Waals surface area contributed by atoms with Crippen molar-refractivity contribution in [1.82, 2.24) is 10.6 Å². The molecule has 0 saturated heterocycles. The SMILES string of the molecule is CCC(C)CC(NC(=O)C(NC(=O)OCC1c2ccccc2-c2ccccc21)C1CCC1)C(=O)O. The Morgan fingerprint density at radius 1 is 1.00 bits per heavy atom. The van der Waals surface area contributed by atoms with E-state index in [2.05, 4.69) is 34.9 Å². The number of hydrogen-bond acceptors (Lipinski definition) is 4. The molecule has 0 spiro atoms. The molecule has 3 unspecified atom stereocenters. The number of alkyl carbamates (subject to hydrolysis) is 1. The van der Waals surface area contributed by atoms with E-state index in [1.54, 1.807) is 0 Å². The molecule has 35 heavy (non-hydrogen) atoms. The van der Waals surface area contributed by atoms with Gasteiger partial charge < -0.3 is 20.5 Å². The Bertz CT molecular complexity index is 1040. The van der Waals surface area contributed by atoms with E-state index in [1.165, 1.54) is 0 Å². The van der Waals surface area contributed by atoms with Crippen LogP contribution in [0.3, 0.4) is 0 Å². The van der Waals surface area contributed by atoms with Gasteiger partial charge in [-0.15, -0.1) is 0 Å². The Hall–Kier alpha value is -3.35. The van der Waals surface area contributed by atoms with Crippen LogP contribution in [-0.2, 0) is 14.3 Å². The summed E-state index contributed by atoms with van der Waals surface area (Å²) in [5.74, 6) is -1.45. The summed E-state index contributed by atoms with van der Waals surface area (Å²) in [6, 6.07) is 14.4. The first-order valence-corrected chi connectivity index (χ1v) is 12.5. The van der Waals surface area contributed by atoms with Crippen molar-refractivity contribution in [2.75, 3.05) is 6.61 Å². The van der Waals surface area contributed by atoms with Gasteiger partial charge in [0.25, 0.3) is 0 Å². The molecule has 7 heteroatoms. The van der Waals surface area contributed by atoms with Crippen LogP contribution in [0.1, 0.15) is 63.0 Å². The summed E-state index contributed by atoms with van der Waals surface area (Å²) in [5, 5.41) is 15.0. The molecule has 7 nitrogen and oxygen atoms in total. The normalized spacial score (nSPS) is 17.3. The predicted octanol–water partition coefficient (Wildman–Crippen LogP) is 4.70. The summed E-state index contributed by atoms with van der Waals surface area (Å²) in [5.41, 5.74) is 4.52. The van der Waals surface area contributed by atoms with E-state index in [-0.39, 0.29) is 24.4 Å². The van der Waals surface area contributed by atoms with Gasteiger partial charge in [0, 0.05) is 5.92 Å². The van der Waals surface area contributed by atoms with Crippen molar-refractivity contribution in [3.8, 4) is 11.1 Å². The largest absolute Gasteiger partial charge is 0.480 e. The fraction of sp³-hybridized carbons (Fsp3) is 0.464. The number of rotatable bonds is 10. The minimum Gasteiger partial charge on any atom is -0.480 e. The Balaban J connectivity index is 1.41. The maximum atomic E-state index is 13.0. The molecular weight excluding hydrogens is 444 g/mol. The van der Waals surface area contributed by atoms with Crippen molar-refractivity contribution >= 4 is 18.0 Å². The Kier molecular flexibility index (Phi) is 7.73. The molecule has 0 aliphatic heterocycles. The number of aliphatic carboxylic acids is 1. The van der Waals surface area contributed by atoms with Gasteiger partial charge in [0.2, 0.25) is 5.91 Å². The first-order valence-electron chi connectivity index (χ1n) is 12.5. The average molecular weight is 479 g/mol. The van der Waals surface area contributed by atoms with Crippen LogP contribution in [0.15, 0.2) is 48.5 Å². The van der Waals surface area contributed by atoms with Crippen LogP contribution in [0, 0.1) is 11.8 Å². The van der Waals surface area contributed by atoms with Gasteiger partial charge in [-0.3, -0.25) is 4.79 Å². The Morgan fingerprint density at radius 3 is 2.11 bits per heavy atom. The summed E-state index contributed by atoms with van der Waals surface area (Å²) in [6.07, 6.45) is 3.11. The van der Waals surface area contributed by atoms with Crippen LogP contribution < -0.4 is 10.6 Å². The second-order valence-corrected chi connectivity index (χ2v) is 9.79. The molecule has 1 fully saturated rings. The third-order valence-electron chi connectivity index (χ3n) is 7.47. The van der Waals surface area contributed by atoms with Crippen molar-refractivity contribution in [1.29, 1.82) is 0 Å². The van der Waals surface area contributed by atoms with E-state index < -0.39 is 30.1 Å². The lowest BCUT2D eigenvalue weighted by Crippen LogP contribution is -2.56. The highest BCUT2D eigenvalue weighted by atomic mass is 16.5. The van der Waals surface area contributed by atoms with Gasteiger partial charge in [-0.25, -0.2) is 9.59 Å². The molecule has 2 aliphatic carbocycles. The zero-order chi connectivity index (χ0) is 24.9. The fourth-order valence-electron chi connectivity index (χ4n) is 4.99. The minimum absolute atomic E-state index is 0.0199. The van der Waals surface area contributed by atoms with Gasteiger partial charge in [-0.05, 0) is 53.4 Å². The van der Waals surface area contributed by atoms with E-state index in [1.807, 2.05) is 38.1 Å². The number of ether oxygens (including phenoxy) is 1. The number of benzene rings is 2. The summed E-state index contributed by atoms with van der Waals surface area (Å²) in [4.78, 5) is 37.5. The molecule has 3 atom stereocenters. The smallest absolute Gasteiger partial charge is 0.407 e. The first kappa shape index (κ1) is 24.8. The maximum absolute atomic E-state index is 13.0. The molecule has 2 aliphatic rings. The number of fused-ring (bicyclic) bond motifs is 3. The van der Waals surface area contributed by atoms with Gasteiger partial charge in [0.05, 0.1) is 0 Å². The number of carbonyl (C=O) groups is 3. The zero-order valence-electron chi connectivity index (χ0n) is 20.3. The average Bonchev–Trinajstić information content (AvgIpc) is 3.14. The van der Waals surface area contributed by atoms with Gasteiger partial charge in [0.15, 0.2) is 0 Å². The second-order valence-electron chi connectivity index (χ2n) is 9.79. The summed E-state index contributed by atoms with van der Waals surface area (Å²) < 4.78 is 5.63. The third kappa shape index (κ3) is 5.50. The number of hydrogen-bond donors (Lipinski definition) is 3. The van der Waals surface area contributed by atoms with E-state index in [0.29, 0.717) is 6.42 Å². The molecule has 3 N–H and O–H groups in total. The van der Waals surface area contributed by atoms with Crippen molar-refractivity contribution < 1.29 is 24.2 Å². The highest BCUT2D eigenvalue weighted by Crippen LogP contribution is 2.44. The molecule has 2 amide bonds. The summed E-state index contributed by atoms with van der Waals surface area (Å²) in [6.45, 7) is 4.10. The number of carbonyl (C=O) groups excluding carboxylic acids is 2. The fourth-order valence-corrected chi connectivity index (χ4v) is 4.99. The van der Waals surface area contributed by atoms with Crippen LogP contribution in [0.5, 0.6) is 0 Å². The molecule has 0 aromatic heterocycles. The van der Waals surface area contributed by atoms with Gasteiger partial charge in [0.1, 0.15) is 18.7 Å². The quantitative estimate of drug-likeness (QED) is 0.459. The van der Waals surface area contributed by atoms with Crippen molar-refractivity contribution in [2.24, 2.45) is 11.8 Å². The molecule has 1 saturated carbocycles. The second kappa shape index (κ2) is 10.9. The Labute approximate surface area is 206 Å². The molecule has 2 aromatic rings. The number of amides is 2. The van der Waals surface area contributed by atoms with Crippen LogP contribution in [-0.4, -0.2) is 41.8 Å². The zero-order valence-corrected chi connectivity index (χ0v) is 20.3. The van der Waals surface area contributed by atoms with Crippen molar-refractivity contribution in [3.63, 3.8) is 0 Å². The first-order chi connectivity index (χ1) is 16.9. The van der Waals surface area contributed by atoms with E-state index in [0.717, 1.165) is 47.9 Å².